The minimum atomic E-state index is -4.00. The van der Waals surface area contributed by atoms with Crippen molar-refractivity contribution in [2.24, 2.45) is 0 Å². The molecule has 0 saturated heterocycles. The summed E-state index contributed by atoms with van der Waals surface area (Å²) in [4.78, 5) is 3.95. The van der Waals surface area contributed by atoms with Crippen LogP contribution in [0.25, 0.3) is 0 Å². The molecule has 0 aromatic carbocycles. The summed E-state index contributed by atoms with van der Waals surface area (Å²) in [6, 6.07) is 3.62. The van der Waals surface area contributed by atoms with E-state index in [4.69, 9.17) is 0 Å². The van der Waals surface area contributed by atoms with Crippen LogP contribution < -0.4 is 0 Å². The van der Waals surface area contributed by atoms with E-state index in [1.54, 1.807) is 12.4 Å². The van der Waals surface area contributed by atoms with Gasteiger partial charge in [0.25, 0.3) is 10.1 Å². The highest BCUT2D eigenvalue weighted by atomic mass is 32.2. The molecule has 1 atom stereocenters. The number of hydrogen-bond donors (Lipinski definition) is 1. The third-order valence-corrected chi connectivity index (χ3v) is 6.76. The van der Waals surface area contributed by atoms with Crippen LogP contribution in [0.1, 0.15) is 109 Å². The van der Waals surface area contributed by atoms with Crippen molar-refractivity contribution in [3.63, 3.8) is 0 Å². The molecule has 0 fully saturated rings. The summed E-state index contributed by atoms with van der Waals surface area (Å²) in [5, 5.41) is -0.702. The van der Waals surface area contributed by atoms with E-state index in [2.05, 4.69) is 11.9 Å². The van der Waals surface area contributed by atoms with E-state index in [0.717, 1.165) is 24.8 Å². The second-order valence-corrected chi connectivity index (χ2v) is 9.78. The zero-order chi connectivity index (χ0) is 20.5. The highest BCUT2D eigenvalue weighted by Gasteiger charge is 2.22. The monoisotopic (exact) mass is 411 g/mol. The van der Waals surface area contributed by atoms with Crippen LogP contribution in [0.5, 0.6) is 0 Å². The first-order chi connectivity index (χ1) is 13.5. The first-order valence-electron chi connectivity index (χ1n) is 11.4. The van der Waals surface area contributed by atoms with Gasteiger partial charge in [-0.05, 0) is 30.5 Å². The van der Waals surface area contributed by atoms with E-state index < -0.39 is 15.4 Å². The summed E-state index contributed by atoms with van der Waals surface area (Å²) in [6.07, 6.45) is 22.1. The van der Waals surface area contributed by atoms with Gasteiger partial charge < -0.3 is 0 Å². The smallest absolute Gasteiger partial charge is 0.268 e. The van der Waals surface area contributed by atoms with E-state index in [9.17, 15) is 13.0 Å². The zero-order valence-electron chi connectivity index (χ0n) is 17.8. The van der Waals surface area contributed by atoms with Crippen molar-refractivity contribution < 1.29 is 13.0 Å². The maximum atomic E-state index is 11.6. The summed E-state index contributed by atoms with van der Waals surface area (Å²) < 4.78 is 32.8. The third kappa shape index (κ3) is 13.3. The minimum Gasteiger partial charge on any atom is -0.285 e. The predicted molar refractivity (Wildman–Crippen MR) is 118 cm³/mol. The maximum Gasteiger partial charge on any atom is 0.268 e. The average molecular weight is 412 g/mol. The fourth-order valence-corrected chi connectivity index (χ4v) is 4.57. The highest BCUT2D eigenvalue weighted by molar-refractivity contribution is 7.86. The maximum absolute atomic E-state index is 11.6. The van der Waals surface area contributed by atoms with Crippen LogP contribution in [0, 0.1) is 0 Å². The second kappa shape index (κ2) is 15.9. The lowest BCUT2D eigenvalue weighted by Gasteiger charge is -2.13. The van der Waals surface area contributed by atoms with Crippen molar-refractivity contribution in [1.82, 2.24) is 4.98 Å². The fourth-order valence-electron chi connectivity index (χ4n) is 3.70. The first kappa shape index (κ1) is 25.1. The summed E-state index contributed by atoms with van der Waals surface area (Å²) in [5.74, 6) is 0. The number of rotatable bonds is 18. The molecule has 28 heavy (non-hydrogen) atoms. The lowest BCUT2D eigenvalue weighted by Crippen LogP contribution is -2.23. The standard InChI is InChI=1S/C23H41NO3S/c1-2-3-4-5-6-7-8-9-10-11-12-13-14-15-16-23(28(25,26)27)21-22-17-19-24-20-18-22/h17-20,23H,2-16,21H2,1H3,(H,25,26,27). The lowest BCUT2D eigenvalue weighted by molar-refractivity contribution is 0.454. The number of pyridine rings is 1. The van der Waals surface area contributed by atoms with Crippen LogP contribution in [-0.4, -0.2) is 23.2 Å². The molecule has 1 unspecified atom stereocenters. The molecule has 0 aliphatic heterocycles. The van der Waals surface area contributed by atoms with Crippen LogP contribution in [0.2, 0.25) is 0 Å². The Balaban J connectivity index is 2.01. The molecule has 1 aromatic rings. The Hall–Kier alpha value is -0.940. The van der Waals surface area contributed by atoms with Crippen LogP contribution in [0.3, 0.4) is 0 Å². The van der Waals surface area contributed by atoms with E-state index in [1.807, 2.05) is 12.1 Å². The number of nitrogens with zero attached hydrogens (tertiary/aromatic N) is 1. The van der Waals surface area contributed by atoms with Gasteiger partial charge in [0.1, 0.15) is 0 Å². The van der Waals surface area contributed by atoms with E-state index >= 15 is 0 Å². The molecule has 0 saturated carbocycles. The Kier molecular flexibility index (Phi) is 14.3. The highest BCUT2D eigenvalue weighted by Crippen LogP contribution is 2.18. The molecule has 1 heterocycles. The van der Waals surface area contributed by atoms with Gasteiger partial charge >= 0.3 is 0 Å². The molecule has 1 N–H and O–H groups in total. The van der Waals surface area contributed by atoms with Gasteiger partial charge in [-0.1, -0.05) is 96.8 Å². The number of hydrogen-bond acceptors (Lipinski definition) is 3. The molecule has 0 spiro atoms. The summed E-state index contributed by atoms with van der Waals surface area (Å²) in [6.45, 7) is 2.26. The van der Waals surface area contributed by atoms with Gasteiger partial charge in [0, 0.05) is 12.4 Å². The normalized spacial score (nSPS) is 12.9. The molecule has 162 valence electrons. The Bertz CT molecular complexity index is 575. The Labute approximate surface area is 173 Å². The Morgan fingerprint density at radius 3 is 1.64 bits per heavy atom. The third-order valence-electron chi connectivity index (χ3n) is 5.51. The Morgan fingerprint density at radius 1 is 0.786 bits per heavy atom. The predicted octanol–water partition coefficient (Wildman–Crippen LogP) is 6.75. The molecule has 0 bridgehead atoms. The molecule has 1 rings (SSSR count). The lowest BCUT2D eigenvalue weighted by atomic mass is 10.0. The number of unbranched alkanes of at least 4 members (excludes halogenated alkanes) is 13. The van der Waals surface area contributed by atoms with Crippen molar-refractivity contribution in [1.29, 1.82) is 0 Å². The van der Waals surface area contributed by atoms with Gasteiger partial charge in [0.2, 0.25) is 0 Å². The van der Waals surface area contributed by atoms with Crippen molar-refractivity contribution in [3.05, 3.63) is 30.1 Å². The van der Waals surface area contributed by atoms with E-state index in [0.29, 0.717) is 12.8 Å². The van der Waals surface area contributed by atoms with Crippen LogP contribution in [-0.2, 0) is 16.5 Å². The van der Waals surface area contributed by atoms with Gasteiger partial charge in [-0.3, -0.25) is 9.54 Å². The molecule has 0 aliphatic rings. The van der Waals surface area contributed by atoms with Gasteiger partial charge in [-0.25, -0.2) is 0 Å². The van der Waals surface area contributed by atoms with Crippen molar-refractivity contribution in [2.75, 3.05) is 0 Å². The van der Waals surface area contributed by atoms with E-state index in [-0.39, 0.29) is 0 Å². The summed E-state index contributed by atoms with van der Waals surface area (Å²) >= 11 is 0. The van der Waals surface area contributed by atoms with Crippen molar-refractivity contribution in [3.8, 4) is 0 Å². The van der Waals surface area contributed by atoms with Gasteiger partial charge in [-0.2, -0.15) is 8.42 Å². The molecule has 1 aromatic heterocycles. The molecule has 0 radical (unpaired) electrons. The Morgan fingerprint density at radius 2 is 1.21 bits per heavy atom. The molecule has 0 amide bonds. The topological polar surface area (TPSA) is 67.3 Å². The quantitative estimate of drug-likeness (QED) is 0.214. The van der Waals surface area contributed by atoms with E-state index in [1.165, 1.54) is 70.6 Å². The fraction of sp³-hybridized carbons (Fsp3) is 0.783. The molecule has 5 heteroatoms. The first-order valence-corrected chi connectivity index (χ1v) is 12.9. The molecule has 0 aliphatic carbocycles. The van der Waals surface area contributed by atoms with Crippen molar-refractivity contribution in [2.45, 2.75) is 115 Å². The largest absolute Gasteiger partial charge is 0.285 e. The van der Waals surface area contributed by atoms with Gasteiger partial charge in [0.05, 0.1) is 5.25 Å². The summed E-state index contributed by atoms with van der Waals surface area (Å²) in [7, 11) is -4.00. The summed E-state index contributed by atoms with van der Waals surface area (Å²) in [5.41, 5.74) is 0.906. The molecule has 4 nitrogen and oxygen atoms in total. The zero-order valence-corrected chi connectivity index (χ0v) is 18.6. The molecular formula is C23H41NO3S. The van der Waals surface area contributed by atoms with Crippen LogP contribution in [0.15, 0.2) is 24.5 Å². The van der Waals surface area contributed by atoms with Crippen LogP contribution >= 0.6 is 0 Å². The van der Waals surface area contributed by atoms with Gasteiger partial charge in [-0.15, -0.1) is 0 Å². The minimum absolute atomic E-state index is 0.361. The average Bonchev–Trinajstić information content (AvgIpc) is 2.67. The second-order valence-electron chi connectivity index (χ2n) is 8.08. The number of aromatic nitrogens is 1. The van der Waals surface area contributed by atoms with Gasteiger partial charge in [0.15, 0.2) is 0 Å². The SMILES string of the molecule is CCCCCCCCCCCCCCCCC(Cc1ccncc1)S(=O)(=O)O. The van der Waals surface area contributed by atoms with Crippen molar-refractivity contribution >= 4 is 10.1 Å². The van der Waals surface area contributed by atoms with Crippen LogP contribution in [0.4, 0.5) is 0 Å². The molecular weight excluding hydrogens is 370 g/mol.